The smallest absolute Gasteiger partial charge is 0.169 e. The number of aromatic amines is 1. The summed E-state index contributed by atoms with van der Waals surface area (Å²) in [4.78, 5) is 16.4. The maximum atomic E-state index is 11.3. The number of ketones is 1. The van der Waals surface area contributed by atoms with Crippen LogP contribution in [0.2, 0.25) is 5.02 Å². The van der Waals surface area contributed by atoms with Crippen molar-refractivity contribution in [2.24, 2.45) is 0 Å². The van der Waals surface area contributed by atoms with Crippen LogP contribution in [0.3, 0.4) is 0 Å². The first kappa shape index (κ1) is 9.87. The summed E-state index contributed by atoms with van der Waals surface area (Å²) in [5.74, 6) is 0.108. The van der Waals surface area contributed by atoms with Gasteiger partial charge in [-0.2, -0.15) is 0 Å². The van der Waals surface area contributed by atoms with E-state index in [-0.39, 0.29) is 5.78 Å². The molecule has 2 aromatic heterocycles. The van der Waals surface area contributed by atoms with Crippen molar-refractivity contribution in [2.45, 2.75) is 6.92 Å². The van der Waals surface area contributed by atoms with Crippen LogP contribution in [0.5, 0.6) is 0 Å². The minimum absolute atomic E-state index is 0.108. The second-order valence-corrected chi connectivity index (χ2v) is 5.21. The number of carbonyl (C=O) groups is 1. The third kappa shape index (κ3) is 1.36. The van der Waals surface area contributed by atoms with Crippen LogP contribution in [0.15, 0.2) is 24.3 Å². The molecule has 0 saturated carbocycles. The van der Waals surface area contributed by atoms with Crippen LogP contribution in [0.4, 0.5) is 0 Å². The number of rotatable bonds is 1. The topological polar surface area (TPSA) is 32.9 Å². The van der Waals surface area contributed by atoms with E-state index in [1.165, 1.54) is 11.3 Å². The van der Waals surface area contributed by atoms with Crippen molar-refractivity contribution in [3.05, 3.63) is 34.2 Å². The lowest BCUT2D eigenvalue weighted by Gasteiger charge is -1.91. The van der Waals surface area contributed by atoms with Gasteiger partial charge >= 0.3 is 0 Å². The molecule has 0 aliphatic heterocycles. The summed E-state index contributed by atoms with van der Waals surface area (Å²) in [6.07, 6.45) is 0. The summed E-state index contributed by atoms with van der Waals surface area (Å²) in [7, 11) is 0. The Labute approximate surface area is 101 Å². The molecule has 0 saturated heterocycles. The normalized spacial score (nSPS) is 11.4. The number of Topliss-reactive ketones (excluding diaryl/α,β-unsaturated/α-hetero) is 1. The predicted octanol–water partition coefficient (Wildman–Crippen LogP) is 4.24. The Morgan fingerprint density at radius 1 is 1.31 bits per heavy atom. The summed E-state index contributed by atoms with van der Waals surface area (Å²) in [5.41, 5.74) is 1.02. The average Bonchev–Trinajstić information content (AvgIpc) is 2.73. The highest BCUT2D eigenvalue weighted by Crippen LogP contribution is 2.33. The van der Waals surface area contributed by atoms with E-state index in [4.69, 9.17) is 11.6 Å². The van der Waals surface area contributed by atoms with E-state index in [9.17, 15) is 4.79 Å². The molecule has 0 aliphatic carbocycles. The number of hydrogen-bond donors (Lipinski definition) is 1. The Kier molecular flexibility index (Phi) is 2.06. The molecule has 1 N–H and O–H groups in total. The second kappa shape index (κ2) is 3.34. The summed E-state index contributed by atoms with van der Waals surface area (Å²) in [6, 6.07) is 7.68. The molecule has 2 nitrogen and oxygen atoms in total. The first-order chi connectivity index (χ1) is 7.65. The fourth-order valence-electron chi connectivity index (χ4n) is 1.83. The molecule has 0 bridgehead atoms. The fourth-order valence-corrected chi connectivity index (χ4v) is 2.99. The van der Waals surface area contributed by atoms with Gasteiger partial charge in [-0.3, -0.25) is 4.79 Å². The van der Waals surface area contributed by atoms with Crippen molar-refractivity contribution >= 4 is 49.8 Å². The molecule has 4 heteroatoms. The van der Waals surface area contributed by atoms with E-state index < -0.39 is 0 Å². The van der Waals surface area contributed by atoms with Gasteiger partial charge in [0.15, 0.2) is 5.78 Å². The van der Waals surface area contributed by atoms with Crippen molar-refractivity contribution in [1.82, 2.24) is 4.98 Å². The van der Waals surface area contributed by atoms with Crippen molar-refractivity contribution < 1.29 is 4.79 Å². The molecule has 2 heterocycles. The molecule has 3 aromatic rings. The molecule has 3 rings (SSSR count). The van der Waals surface area contributed by atoms with Gasteiger partial charge in [-0.25, -0.2) is 0 Å². The van der Waals surface area contributed by atoms with Gasteiger partial charge < -0.3 is 4.98 Å². The van der Waals surface area contributed by atoms with Crippen LogP contribution >= 0.6 is 22.9 Å². The Hall–Kier alpha value is -1.32. The van der Waals surface area contributed by atoms with E-state index in [0.717, 1.165) is 26.0 Å². The first-order valence-corrected chi connectivity index (χ1v) is 6.06. The van der Waals surface area contributed by atoms with Gasteiger partial charge in [-0.15, -0.1) is 11.3 Å². The third-order valence-corrected chi connectivity index (χ3v) is 3.99. The number of aromatic nitrogens is 1. The fraction of sp³-hybridized carbons (Fsp3) is 0.0833. The van der Waals surface area contributed by atoms with Crippen molar-refractivity contribution in [1.29, 1.82) is 0 Å². The molecule has 0 unspecified atom stereocenters. The van der Waals surface area contributed by atoms with Crippen molar-refractivity contribution in [2.75, 3.05) is 0 Å². The molecule has 0 amide bonds. The quantitative estimate of drug-likeness (QED) is 0.643. The van der Waals surface area contributed by atoms with Crippen molar-refractivity contribution in [3.63, 3.8) is 0 Å². The second-order valence-electron chi connectivity index (χ2n) is 3.72. The predicted molar refractivity (Wildman–Crippen MR) is 68.7 cm³/mol. The van der Waals surface area contributed by atoms with Crippen LogP contribution in [0, 0.1) is 0 Å². The Morgan fingerprint density at radius 3 is 2.88 bits per heavy atom. The number of carbonyl (C=O) groups excluding carboxylic acids is 1. The van der Waals surface area contributed by atoms with E-state index in [1.807, 2.05) is 24.3 Å². The Bertz CT molecular complexity index is 710. The van der Waals surface area contributed by atoms with Crippen LogP contribution in [-0.2, 0) is 0 Å². The van der Waals surface area contributed by atoms with E-state index >= 15 is 0 Å². The van der Waals surface area contributed by atoms with Crippen LogP contribution in [0.1, 0.15) is 16.6 Å². The minimum Gasteiger partial charge on any atom is -0.346 e. The van der Waals surface area contributed by atoms with Crippen molar-refractivity contribution in [3.8, 4) is 0 Å². The van der Waals surface area contributed by atoms with Crippen LogP contribution < -0.4 is 0 Å². The maximum absolute atomic E-state index is 11.3. The number of H-pyrrole nitrogens is 1. The zero-order valence-electron chi connectivity index (χ0n) is 8.50. The minimum atomic E-state index is 0.108. The number of nitrogens with one attached hydrogen (secondary N) is 1. The van der Waals surface area contributed by atoms with E-state index in [1.54, 1.807) is 6.92 Å². The molecule has 0 fully saturated rings. The maximum Gasteiger partial charge on any atom is 0.169 e. The number of fused-ring (bicyclic) bond motifs is 3. The molecule has 80 valence electrons. The molecular formula is C12H8ClNOS. The summed E-state index contributed by atoms with van der Waals surface area (Å²) < 4.78 is 0. The van der Waals surface area contributed by atoms with Gasteiger partial charge in [0.05, 0.1) is 4.88 Å². The molecule has 0 aliphatic rings. The Morgan fingerprint density at radius 2 is 2.12 bits per heavy atom. The molecular weight excluding hydrogens is 242 g/mol. The monoisotopic (exact) mass is 249 g/mol. The van der Waals surface area contributed by atoms with E-state index in [2.05, 4.69) is 4.98 Å². The molecule has 16 heavy (non-hydrogen) atoms. The number of hydrogen-bond acceptors (Lipinski definition) is 2. The van der Waals surface area contributed by atoms with E-state index in [0.29, 0.717) is 5.02 Å². The van der Waals surface area contributed by atoms with Gasteiger partial charge in [0.2, 0.25) is 0 Å². The highest BCUT2D eigenvalue weighted by atomic mass is 35.5. The lowest BCUT2D eigenvalue weighted by atomic mass is 10.2. The molecule has 0 radical (unpaired) electrons. The number of halogens is 1. The van der Waals surface area contributed by atoms with Gasteiger partial charge in [0, 0.05) is 21.3 Å². The molecule has 0 spiro atoms. The number of benzene rings is 1. The van der Waals surface area contributed by atoms with Crippen LogP contribution in [-0.4, -0.2) is 10.8 Å². The molecule has 0 atom stereocenters. The summed E-state index contributed by atoms with van der Waals surface area (Å²) in [5, 5.41) is 2.93. The Balaban J connectivity index is 2.38. The largest absolute Gasteiger partial charge is 0.346 e. The lowest BCUT2D eigenvalue weighted by molar-refractivity contribution is 0.102. The standard InChI is InChI=1S/C12H8ClNOS/c1-6(15)11-5-9-8-3-2-7(13)4-10(8)14-12(9)16-11/h2-5,14H,1H3. The molecule has 1 aromatic carbocycles. The van der Waals surface area contributed by atoms with Gasteiger partial charge in [0.25, 0.3) is 0 Å². The third-order valence-electron chi connectivity index (χ3n) is 2.60. The summed E-state index contributed by atoms with van der Waals surface area (Å²) in [6.45, 7) is 1.59. The number of thiophene rings is 1. The highest BCUT2D eigenvalue weighted by Gasteiger charge is 2.11. The van der Waals surface area contributed by atoms with Gasteiger partial charge in [-0.1, -0.05) is 17.7 Å². The zero-order valence-corrected chi connectivity index (χ0v) is 10.1. The SMILES string of the molecule is CC(=O)c1cc2c([nH]c3cc(Cl)ccc32)s1. The summed E-state index contributed by atoms with van der Waals surface area (Å²) >= 11 is 7.41. The van der Waals surface area contributed by atoms with Gasteiger partial charge in [-0.05, 0) is 25.1 Å². The highest BCUT2D eigenvalue weighted by molar-refractivity contribution is 7.20. The zero-order chi connectivity index (χ0) is 11.3. The van der Waals surface area contributed by atoms with Gasteiger partial charge in [0.1, 0.15) is 4.83 Å². The lowest BCUT2D eigenvalue weighted by Crippen LogP contribution is -1.83. The first-order valence-electron chi connectivity index (χ1n) is 4.87. The van der Waals surface area contributed by atoms with Crippen LogP contribution in [0.25, 0.3) is 21.1 Å². The average molecular weight is 250 g/mol.